The van der Waals surface area contributed by atoms with E-state index in [1.54, 1.807) is 0 Å². The van der Waals surface area contributed by atoms with Gasteiger partial charge in [0.15, 0.2) is 0 Å². The summed E-state index contributed by atoms with van der Waals surface area (Å²) in [6.45, 7) is 9.53. The molecule has 112 valence electrons. The van der Waals surface area contributed by atoms with Crippen molar-refractivity contribution in [1.29, 1.82) is 0 Å². The van der Waals surface area contributed by atoms with E-state index < -0.39 is 0 Å². The van der Waals surface area contributed by atoms with Gasteiger partial charge >= 0.3 is 0 Å². The molecule has 2 rings (SSSR count). The summed E-state index contributed by atoms with van der Waals surface area (Å²) < 4.78 is 0. The first-order valence-corrected chi connectivity index (χ1v) is 8.24. The summed E-state index contributed by atoms with van der Waals surface area (Å²) >= 11 is 0. The lowest BCUT2D eigenvalue weighted by molar-refractivity contribution is 0.103. The minimum absolute atomic E-state index is 0.409. The van der Waals surface area contributed by atoms with Gasteiger partial charge in [-0.05, 0) is 63.7 Å². The van der Waals surface area contributed by atoms with Gasteiger partial charge in [-0.1, -0.05) is 19.8 Å². The minimum Gasteiger partial charge on any atom is -0.330 e. The van der Waals surface area contributed by atoms with E-state index in [4.69, 9.17) is 5.73 Å². The van der Waals surface area contributed by atoms with Crippen molar-refractivity contribution >= 4 is 0 Å². The molecular weight excluding hydrogens is 234 g/mol. The van der Waals surface area contributed by atoms with Crippen LogP contribution in [0.15, 0.2) is 0 Å². The molecular formula is C16H33N3. The second-order valence-corrected chi connectivity index (χ2v) is 7.17. The molecule has 3 heteroatoms. The fraction of sp³-hybridized carbons (Fsp3) is 1.00. The summed E-state index contributed by atoms with van der Waals surface area (Å²) in [5, 5.41) is 0. The van der Waals surface area contributed by atoms with Gasteiger partial charge in [0.25, 0.3) is 0 Å². The highest BCUT2D eigenvalue weighted by Gasteiger charge is 2.33. The van der Waals surface area contributed by atoms with Crippen molar-refractivity contribution in [2.75, 3.05) is 46.3 Å². The zero-order valence-electron chi connectivity index (χ0n) is 13.0. The fourth-order valence-electron chi connectivity index (χ4n) is 3.77. The van der Waals surface area contributed by atoms with E-state index in [-0.39, 0.29) is 0 Å². The highest BCUT2D eigenvalue weighted by atomic mass is 15.2. The third-order valence-corrected chi connectivity index (χ3v) is 5.37. The summed E-state index contributed by atoms with van der Waals surface area (Å²) in [7, 11) is 2.28. The molecule has 0 aromatic heterocycles. The van der Waals surface area contributed by atoms with Crippen molar-refractivity contribution in [1.82, 2.24) is 9.80 Å². The standard InChI is InChI=1S/C16H33N3/c1-15-5-7-16(13-17,8-6-15)14-18(2)11-12-19-9-3-4-10-19/h15H,3-14,17H2,1-2H3. The Morgan fingerprint density at radius 3 is 2.42 bits per heavy atom. The molecule has 0 aromatic carbocycles. The van der Waals surface area contributed by atoms with Crippen LogP contribution in [0.2, 0.25) is 0 Å². The summed E-state index contributed by atoms with van der Waals surface area (Å²) in [6, 6.07) is 0. The van der Waals surface area contributed by atoms with E-state index in [1.807, 2.05) is 0 Å². The van der Waals surface area contributed by atoms with Crippen LogP contribution in [0.4, 0.5) is 0 Å². The van der Waals surface area contributed by atoms with Crippen LogP contribution in [0.5, 0.6) is 0 Å². The highest BCUT2D eigenvalue weighted by molar-refractivity contribution is 4.88. The molecule has 0 atom stereocenters. The molecule has 0 bridgehead atoms. The summed E-state index contributed by atoms with van der Waals surface area (Å²) in [5.74, 6) is 0.912. The van der Waals surface area contributed by atoms with E-state index >= 15 is 0 Å². The van der Waals surface area contributed by atoms with Crippen LogP contribution >= 0.6 is 0 Å². The van der Waals surface area contributed by atoms with Gasteiger partial charge in [0, 0.05) is 19.6 Å². The molecule has 2 N–H and O–H groups in total. The second-order valence-electron chi connectivity index (χ2n) is 7.17. The van der Waals surface area contributed by atoms with Crippen molar-refractivity contribution in [3.8, 4) is 0 Å². The Balaban J connectivity index is 1.74. The van der Waals surface area contributed by atoms with Crippen LogP contribution in [0.25, 0.3) is 0 Å². The van der Waals surface area contributed by atoms with E-state index in [9.17, 15) is 0 Å². The number of likely N-dealkylation sites (N-methyl/N-ethyl adjacent to an activating group) is 1. The Bertz CT molecular complexity index is 253. The molecule has 1 saturated carbocycles. The van der Waals surface area contributed by atoms with Gasteiger partial charge in [0.05, 0.1) is 0 Å². The van der Waals surface area contributed by atoms with Crippen LogP contribution < -0.4 is 5.73 Å². The maximum atomic E-state index is 6.11. The molecule has 3 nitrogen and oxygen atoms in total. The van der Waals surface area contributed by atoms with Gasteiger partial charge in [-0.3, -0.25) is 0 Å². The quantitative estimate of drug-likeness (QED) is 0.800. The second kappa shape index (κ2) is 7.05. The van der Waals surface area contributed by atoms with Gasteiger partial charge in [0.2, 0.25) is 0 Å². The third kappa shape index (κ3) is 4.44. The molecule has 2 fully saturated rings. The highest BCUT2D eigenvalue weighted by Crippen LogP contribution is 2.38. The first-order chi connectivity index (χ1) is 9.13. The van der Waals surface area contributed by atoms with Crippen LogP contribution in [0.1, 0.15) is 45.4 Å². The third-order valence-electron chi connectivity index (χ3n) is 5.37. The van der Waals surface area contributed by atoms with E-state index in [0.717, 1.165) is 12.5 Å². The van der Waals surface area contributed by atoms with Crippen LogP contribution in [-0.2, 0) is 0 Å². The molecule has 1 saturated heterocycles. The number of hydrogen-bond acceptors (Lipinski definition) is 3. The molecule has 0 aromatic rings. The van der Waals surface area contributed by atoms with Gasteiger partial charge in [0.1, 0.15) is 0 Å². The summed E-state index contributed by atoms with van der Waals surface area (Å²) in [5.41, 5.74) is 6.52. The van der Waals surface area contributed by atoms with Crippen LogP contribution in [0, 0.1) is 11.3 Å². The first-order valence-electron chi connectivity index (χ1n) is 8.24. The molecule has 19 heavy (non-hydrogen) atoms. The Hall–Kier alpha value is -0.120. The first kappa shape index (κ1) is 15.3. The Morgan fingerprint density at radius 2 is 1.84 bits per heavy atom. The number of nitrogens with two attached hydrogens (primary N) is 1. The molecule has 0 radical (unpaired) electrons. The normalized spacial score (nSPS) is 33.2. The lowest BCUT2D eigenvalue weighted by atomic mass is 9.70. The van der Waals surface area contributed by atoms with Crippen LogP contribution in [0.3, 0.4) is 0 Å². The average Bonchev–Trinajstić information content (AvgIpc) is 2.93. The number of likely N-dealkylation sites (tertiary alicyclic amines) is 1. The molecule has 1 heterocycles. The summed E-state index contributed by atoms with van der Waals surface area (Å²) in [6.07, 6.45) is 8.20. The SMILES string of the molecule is CC1CCC(CN)(CN(C)CCN2CCCC2)CC1. The Kier molecular flexibility index (Phi) is 5.67. The topological polar surface area (TPSA) is 32.5 Å². The lowest BCUT2D eigenvalue weighted by Crippen LogP contribution is -2.45. The molecule has 0 spiro atoms. The smallest absolute Gasteiger partial charge is 0.0109 e. The predicted molar refractivity (Wildman–Crippen MR) is 82.3 cm³/mol. The predicted octanol–water partition coefficient (Wildman–Crippen LogP) is 2.17. The maximum Gasteiger partial charge on any atom is 0.0109 e. The molecule has 0 unspecified atom stereocenters. The summed E-state index contributed by atoms with van der Waals surface area (Å²) in [4.78, 5) is 5.13. The molecule has 0 amide bonds. The molecule has 1 aliphatic carbocycles. The largest absolute Gasteiger partial charge is 0.330 e. The van der Waals surface area contributed by atoms with E-state index in [1.165, 1.54) is 71.2 Å². The zero-order valence-corrected chi connectivity index (χ0v) is 13.0. The van der Waals surface area contributed by atoms with E-state index in [0.29, 0.717) is 5.41 Å². The Labute approximate surface area is 119 Å². The van der Waals surface area contributed by atoms with Crippen molar-refractivity contribution in [3.05, 3.63) is 0 Å². The van der Waals surface area contributed by atoms with Gasteiger partial charge in [-0.2, -0.15) is 0 Å². The van der Waals surface area contributed by atoms with Crippen LogP contribution in [-0.4, -0.2) is 56.1 Å². The zero-order chi connectivity index (χ0) is 13.7. The van der Waals surface area contributed by atoms with Crippen molar-refractivity contribution in [3.63, 3.8) is 0 Å². The Morgan fingerprint density at radius 1 is 1.21 bits per heavy atom. The minimum atomic E-state index is 0.409. The molecule has 1 aliphatic heterocycles. The van der Waals surface area contributed by atoms with E-state index in [2.05, 4.69) is 23.8 Å². The fourth-order valence-corrected chi connectivity index (χ4v) is 3.77. The van der Waals surface area contributed by atoms with Gasteiger partial charge in [-0.25, -0.2) is 0 Å². The number of nitrogens with zero attached hydrogens (tertiary/aromatic N) is 2. The van der Waals surface area contributed by atoms with Gasteiger partial charge < -0.3 is 15.5 Å². The molecule has 2 aliphatic rings. The average molecular weight is 267 g/mol. The number of hydrogen-bond donors (Lipinski definition) is 1. The van der Waals surface area contributed by atoms with Crippen molar-refractivity contribution in [2.24, 2.45) is 17.1 Å². The number of rotatable bonds is 6. The maximum absolute atomic E-state index is 6.11. The lowest BCUT2D eigenvalue weighted by Gasteiger charge is -2.41. The van der Waals surface area contributed by atoms with Gasteiger partial charge in [-0.15, -0.1) is 0 Å². The monoisotopic (exact) mass is 267 g/mol. The van der Waals surface area contributed by atoms with Crippen molar-refractivity contribution in [2.45, 2.75) is 45.4 Å². The van der Waals surface area contributed by atoms with Crippen molar-refractivity contribution < 1.29 is 0 Å².